The molecule has 0 saturated carbocycles. The molecule has 2 rings (SSSR count). The highest BCUT2D eigenvalue weighted by Crippen LogP contribution is 2.25. The summed E-state index contributed by atoms with van der Waals surface area (Å²) in [7, 11) is 0. The normalized spacial score (nSPS) is 16.6. The van der Waals surface area contributed by atoms with Crippen LogP contribution in [0.4, 0.5) is 5.69 Å². The van der Waals surface area contributed by atoms with Crippen LogP contribution in [0.2, 0.25) is 0 Å². The lowest BCUT2D eigenvalue weighted by molar-refractivity contribution is -0.385. The molecule has 0 amide bonds. The minimum atomic E-state index is -0.308. The number of rotatable bonds is 3. The van der Waals surface area contributed by atoms with Gasteiger partial charge in [0.25, 0.3) is 5.69 Å². The van der Waals surface area contributed by atoms with Gasteiger partial charge < -0.3 is 0 Å². The van der Waals surface area contributed by atoms with Gasteiger partial charge in [-0.3, -0.25) is 15.0 Å². The average molecular weight is 285 g/mol. The summed E-state index contributed by atoms with van der Waals surface area (Å²) in [5, 5.41) is 10.9. The Hall–Kier alpha value is -0.940. The maximum absolute atomic E-state index is 10.9. The molecule has 1 heterocycles. The second-order valence-corrected chi connectivity index (χ2v) is 4.93. The average Bonchev–Trinajstić information content (AvgIpc) is 2.70. The van der Waals surface area contributed by atoms with Gasteiger partial charge in [0.05, 0.1) is 4.92 Å². The van der Waals surface area contributed by atoms with E-state index >= 15 is 0 Å². The van der Waals surface area contributed by atoms with Crippen molar-refractivity contribution < 1.29 is 4.92 Å². The molecule has 4 nitrogen and oxygen atoms in total. The Labute approximate surface area is 103 Å². The third-order valence-corrected chi connectivity index (χ3v) is 3.32. The zero-order chi connectivity index (χ0) is 11.5. The van der Waals surface area contributed by atoms with E-state index in [0.717, 1.165) is 23.1 Å². The van der Waals surface area contributed by atoms with Gasteiger partial charge in [-0.15, -0.1) is 0 Å². The number of nitro benzene ring substituents is 1. The zero-order valence-corrected chi connectivity index (χ0v) is 10.4. The molecule has 16 heavy (non-hydrogen) atoms. The highest BCUT2D eigenvalue weighted by molar-refractivity contribution is 9.10. The van der Waals surface area contributed by atoms with Crippen LogP contribution in [-0.2, 0) is 6.54 Å². The van der Waals surface area contributed by atoms with Crippen molar-refractivity contribution in [1.82, 2.24) is 4.90 Å². The topological polar surface area (TPSA) is 46.4 Å². The van der Waals surface area contributed by atoms with Gasteiger partial charge in [-0.2, -0.15) is 0 Å². The molecule has 1 aliphatic heterocycles. The fourth-order valence-electron chi connectivity index (χ4n) is 2.04. The maximum Gasteiger partial charge on any atom is 0.273 e. The van der Waals surface area contributed by atoms with Crippen LogP contribution in [0.25, 0.3) is 0 Å². The summed E-state index contributed by atoms with van der Waals surface area (Å²) < 4.78 is 0.896. The highest BCUT2D eigenvalue weighted by Gasteiger charge is 2.18. The number of nitro groups is 1. The molecule has 0 N–H and O–H groups in total. The van der Waals surface area contributed by atoms with Crippen molar-refractivity contribution in [2.24, 2.45) is 0 Å². The van der Waals surface area contributed by atoms with E-state index in [2.05, 4.69) is 20.8 Å². The van der Waals surface area contributed by atoms with Gasteiger partial charge in [0, 0.05) is 22.6 Å². The lowest BCUT2D eigenvalue weighted by Gasteiger charge is -2.14. The van der Waals surface area contributed by atoms with E-state index in [1.54, 1.807) is 12.1 Å². The Balaban J connectivity index is 2.22. The Bertz CT molecular complexity index is 403. The molecule has 1 saturated heterocycles. The van der Waals surface area contributed by atoms with Gasteiger partial charge in [-0.25, -0.2) is 0 Å². The first-order chi connectivity index (χ1) is 7.66. The number of hydrogen-bond acceptors (Lipinski definition) is 3. The van der Waals surface area contributed by atoms with E-state index in [1.165, 1.54) is 12.8 Å². The van der Waals surface area contributed by atoms with Crippen LogP contribution in [0.1, 0.15) is 18.4 Å². The summed E-state index contributed by atoms with van der Waals surface area (Å²) in [6.45, 7) is 2.77. The van der Waals surface area contributed by atoms with Gasteiger partial charge in [0.1, 0.15) is 0 Å². The monoisotopic (exact) mass is 284 g/mol. The number of likely N-dealkylation sites (tertiary alicyclic amines) is 1. The van der Waals surface area contributed by atoms with Crippen molar-refractivity contribution in [2.45, 2.75) is 19.4 Å². The van der Waals surface area contributed by atoms with Crippen LogP contribution in [0.15, 0.2) is 22.7 Å². The second kappa shape index (κ2) is 4.93. The lowest BCUT2D eigenvalue weighted by atomic mass is 10.1. The fraction of sp³-hybridized carbons (Fsp3) is 0.455. The maximum atomic E-state index is 10.9. The minimum absolute atomic E-state index is 0.218. The molecular formula is C11H13BrN2O2. The SMILES string of the molecule is O=[N+]([O-])c1ccc(Br)cc1CN1CCCC1. The molecule has 0 spiro atoms. The van der Waals surface area contributed by atoms with Gasteiger partial charge >= 0.3 is 0 Å². The summed E-state index contributed by atoms with van der Waals surface area (Å²) in [5.41, 5.74) is 1.01. The molecule has 0 unspecified atom stereocenters. The Kier molecular flexibility index (Phi) is 3.56. The molecule has 1 aromatic rings. The van der Waals surface area contributed by atoms with Gasteiger partial charge in [0.15, 0.2) is 0 Å². The summed E-state index contributed by atoms with van der Waals surface area (Å²) in [4.78, 5) is 12.8. The fourth-order valence-corrected chi connectivity index (χ4v) is 2.45. The summed E-state index contributed by atoms with van der Waals surface area (Å²) in [6, 6.07) is 5.12. The van der Waals surface area contributed by atoms with Crippen molar-refractivity contribution >= 4 is 21.6 Å². The minimum Gasteiger partial charge on any atom is -0.299 e. The quantitative estimate of drug-likeness (QED) is 0.633. The van der Waals surface area contributed by atoms with E-state index in [4.69, 9.17) is 0 Å². The number of nitrogens with zero attached hydrogens (tertiary/aromatic N) is 2. The molecular weight excluding hydrogens is 272 g/mol. The predicted molar refractivity (Wildman–Crippen MR) is 65.3 cm³/mol. The smallest absolute Gasteiger partial charge is 0.273 e. The third-order valence-electron chi connectivity index (χ3n) is 2.83. The van der Waals surface area contributed by atoms with E-state index in [1.807, 2.05) is 6.07 Å². The number of hydrogen-bond donors (Lipinski definition) is 0. The molecule has 0 radical (unpaired) electrons. The first-order valence-electron chi connectivity index (χ1n) is 5.32. The molecule has 0 bridgehead atoms. The van der Waals surface area contributed by atoms with Crippen LogP contribution >= 0.6 is 15.9 Å². The Morgan fingerprint density at radius 1 is 1.38 bits per heavy atom. The van der Waals surface area contributed by atoms with E-state index in [-0.39, 0.29) is 10.6 Å². The summed E-state index contributed by atoms with van der Waals surface area (Å²) in [5.74, 6) is 0. The molecule has 0 aromatic heterocycles. The van der Waals surface area contributed by atoms with Crippen LogP contribution in [0, 0.1) is 10.1 Å². The van der Waals surface area contributed by atoms with Crippen LogP contribution < -0.4 is 0 Å². The number of halogens is 1. The first kappa shape index (κ1) is 11.5. The van der Waals surface area contributed by atoms with Crippen LogP contribution in [0.3, 0.4) is 0 Å². The molecule has 1 aromatic carbocycles. The van der Waals surface area contributed by atoms with Gasteiger partial charge in [-0.05, 0) is 38.1 Å². The molecule has 1 aliphatic rings. The van der Waals surface area contributed by atoms with Gasteiger partial charge in [0.2, 0.25) is 0 Å². The largest absolute Gasteiger partial charge is 0.299 e. The lowest BCUT2D eigenvalue weighted by Crippen LogP contribution is -2.19. The predicted octanol–water partition coefficient (Wildman–Crippen LogP) is 2.95. The first-order valence-corrected chi connectivity index (χ1v) is 6.11. The zero-order valence-electron chi connectivity index (χ0n) is 8.86. The Morgan fingerprint density at radius 2 is 2.06 bits per heavy atom. The van der Waals surface area contributed by atoms with Crippen LogP contribution in [0.5, 0.6) is 0 Å². The summed E-state index contributed by atoms with van der Waals surface area (Å²) >= 11 is 3.35. The van der Waals surface area contributed by atoms with Crippen molar-refractivity contribution in [2.75, 3.05) is 13.1 Å². The van der Waals surface area contributed by atoms with Crippen molar-refractivity contribution in [1.29, 1.82) is 0 Å². The van der Waals surface area contributed by atoms with Crippen molar-refractivity contribution in [3.63, 3.8) is 0 Å². The van der Waals surface area contributed by atoms with E-state index in [9.17, 15) is 10.1 Å². The van der Waals surface area contributed by atoms with Gasteiger partial charge in [-0.1, -0.05) is 15.9 Å². The second-order valence-electron chi connectivity index (χ2n) is 4.01. The standard InChI is InChI=1S/C11H13BrN2O2/c12-10-3-4-11(14(15)16)9(7-10)8-13-5-1-2-6-13/h3-4,7H,1-2,5-6,8H2. The molecule has 86 valence electrons. The summed E-state index contributed by atoms with van der Waals surface area (Å²) in [6.07, 6.45) is 2.39. The Morgan fingerprint density at radius 3 is 2.69 bits per heavy atom. The van der Waals surface area contributed by atoms with Crippen LogP contribution in [-0.4, -0.2) is 22.9 Å². The van der Waals surface area contributed by atoms with Crippen molar-refractivity contribution in [3.8, 4) is 0 Å². The molecule has 0 atom stereocenters. The third kappa shape index (κ3) is 2.59. The molecule has 0 aliphatic carbocycles. The molecule has 1 fully saturated rings. The van der Waals surface area contributed by atoms with Crippen molar-refractivity contribution in [3.05, 3.63) is 38.3 Å². The van der Waals surface area contributed by atoms with E-state index < -0.39 is 0 Å². The van der Waals surface area contributed by atoms with E-state index in [0.29, 0.717) is 6.54 Å². The number of benzene rings is 1. The highest BCUT2D eigenvalue weighted by atomic mass is 79.9. The molecule has 5 heteroatoms.